The molecule has 2 fully saturated rings. The molecule has 1 saturated carbocycles. The van der Waals surface area contributed by atoms with Crippen molar-refractivity contribution in [3.05, 3.63) is 53.4 Å². The highest BCUT2D eigenvalue weighted by atomic mass is 16.5. The zero-order valence-electron chi connectivity index (χ0n) is 20.7. The molecule has 0 radical (unpaired) electrons. The van der Waals surface area contributed by atoms with Crippen molar-refractivity contribution in [3.8, 4) is 11.4 Å². The molecule has 0 atom stereocenters. The average molecular weight is 485 g/mol. The average Bonchev–Trinajstić information content (AvgIpc) is 3.47. The van der Waals surface area contributed by atoms with Gasteiger partial charge in [0.2, 0.25) is 0 Å². The molecule has 3 heterocycles. The Labute approximate surface area is 210 Å². The molecule has 3 aromatic rings. The lowest BCUT2D eigenvalue weighted by Gasteiger charge is -2.36. The zero-order chi connectivity index (χ0) is 24.6. The number of nitrogens with one attached hydrogen (secondary N) is 1. The van der Waals surface area contributed by atoms with E-state index in [-0.39, 0.29) is 12.2 Å². The summed E-state index contributed by atoms with van der Waals surface area (Å²) in [5.41, 5.74) is 9.85. The first-order valence-corrected chi connectivity index (χ1v) is 13.1. The van der Waals surface area contributed by atoms with E-state index in [9.17, 15) is 4.79 Å². The maximum Gasteiger partial charge on any atom is 0.303 e. The maximum absolute atomic E-state index is 10.9. The molecule has 7 heteroatoms. The van der Waals surface area contributed by atoms with Crippen LogP contribution in [0.25, 0.3) is 28.0 Å². The van der Waals surface area contributed by atoms with Crippen LogP contribution in [0.2, 0.25) is 0 Å². The number of allylic oxidation sites excluding steroid dienone is 1. The first kappa shape index (κ1) is 23.0. The molecule has 2 aliphatic carbocycles. The summed E-state index contributed by atoms with van der Waals surface area (Å²) in [5, 5.41) is 9.00. The predicted molar refractivity (Wildman–Crippen MR) is 140 cm³/mol. The van der Waals surface area contributed by atoms with Crippen LogP contribution in [0.5, 0.6) is 0 Å². The Morgan fingerprint density at radius 1 is 1.08 bits per heavy atom. The summed E-state index contributed by atoms with van der Waals surface area (Å²) >= 11 is 0. The normalized spacial score (nSPS) is 22.4. The highest BCUT2D eigenvalue weighted by molar-refractivity contribution is 5.92. The Morgan fingerprint density at radius 3 is 2.47 bits per heavy atom. The van der Waals surface area contributed by atoms with Gasteiger partial charge in [-0.05, 0) is 81.2 Å². The summed E-state index contributed by atoms with van der Waals surface area (Å²) < 4.78 is 6.39. The maximum atomic E-state index is 10.9. The number of nitrogens with zero attached hydrogens (tertiary/aromatic N) is 3. The number of benzene rings is 1. The van der Waals surface area contributed by atoms with E-state index < -0.39 is 5.97 Å². The number of hydrogen-bond donors (Lipinski definition) is 2. The molecule has 1 aromatic carbocycles. The van der Waals surface area contributed by atoms with Crippen molar-refractivity contribution < 1.29 is 14.6 Å². The lowest BCUT2D eigenvalue weighted by Crippen LogP contribution is -2.39. The van der Waals surface area contributed by atoms with E-state index in [2.05, 4.69) is 52.9 Å². The van der Waals surface area contributed by atoms with Gasteiger partial charge >= 0.3 is 5.97 Å². The van der Waals surface area contributed by atoms with E-state index in [1.807, 2.05) is 6.20 Å². The van der Waals surface area contributed by atoms with Gasteiger partial charge in [0.25, 0.3) is 0 Å². The molecular weight excluding hydrogens is 452 g/mol. The standard InChI is InChI=1S/C29H32N4O3/c1-18-14-24(18)20-4-8-25-26(16-20)32-29(31-25)21-5-9-27(30-17-21)33-12-10-23(11-13-33)36-22-6-2-19(3-7-22)15-28(34)35/h4-5,8-9,16-17,19,22-23H,2-3,6-7,10-13,15H2,1H3,(H,31,32)(H,34,35). The number of aliphatic carboxylic acids is 1. The Hall–Kier alpha value is -3.41. The van der Waals surface area contributed by atoms with Gasteiger partial charge in [-0.15, -0.1) is 5.73 Å². The number of piperidine rings is 1. The van der Waals surface area contributed by atoms with Crippen molar-refractivity contribution in [1.29, 1.82) is 0 Å². The molecule has 3 aliphatic rings. The number of fused-ring (bicyclic) bond motifs is 1. The lowest BCUT2D eigenvalue weighted by atomic mass is 9.85. The number of carbonyl (C=O) groups is 1. The third-order valence-corrected chi connectivity index (χ3v) is 7.82. The first-order chi connectivity index (χ1) is 17.5. The predicted octanol–water partition coefficient (Wildman–Crippen LogP) is 5.59. The minimum atomic E-state index is -0.681. The fourth-order valence-electron chi connectivity index (χ4n) is 5.67. The number of carboxylic acid groups (broad SMARTS) is 1. The van der Waals surface area contributed by atoms with Gasteiger partial charge in [0.15, 0.2) is 0 Å². The lowest BCUT2D eigenvalue weighted by molar-refractivity contribution is -0.138. The molecule has 2 aromatic heterocycles. The number of rotatable bonds is 7. The van der Waals surface area contributed by atoms with Crippen molar-refractivity contribution in [3.63, 3.8) is 0 Å². The Morgan fingerprint density at radius 2 is 1.81 bits per heavy atom. The first-order valence-electron chi connectivity index (χ1n) is 13.1. The summed E-state index contributed by atoms with van der Waals surface area (Å²) in [4.78, 5) is 26.2. The van der Waals surface area contributed by atoms with E-state index in [0.29, 0.717) is 12.3 Å². The van der Waals surface area contributed by atoms with Crippen molar-refractivity contribution in [2.24, 2.45) is 5.92 Å². The van der Waals surface area contributed by atoms with Crippen molar-refractivity contribution in [2.45, 2.75) is 64.1 Å². The number of H-pyrrole nitrogens is 1. The topological polar surface area (TPSA) is 91.3 Å². The number of hydrogen-bond acceptors (Lipinski definition) is 5. The number of imidazole rings is 1. The van der Waals surface area contributed by atoms with Crippen LogP contribution in [-0.4, -0.2) is 51.3 Å². The van der Waals surface area contributed by atoms with E-state index in [4.69, 9.17) is 19.8 Å². The van der Waals surface area contributed by atoms with Crippen LogP contribution in [0, 0.1) is 5.92 Å². The second kappa shape index (κ2) is 9.57. The summed E-state index contributed by atoms with van der Waals surface area (Å²) in [6.45, 7) is 3.95. The molecule has 186 valence electrons. The van der Waals surface area contributed by atoms with E-state index in [1.165, 1.54) is 16.7 Å². The fourth-order valence-corrected chi connectivity index (χ4v) is 5.67. The van der Waals surface area contributed by atoms with Crippen molar-refractivity contribution >= 4 is 28.4 Å². The Balaban J connectivity index is 1.02. The zero-order valence-corrected chi connectivity index (χ0v) is 20.7. The fraction of sp³-hybridized carbons (Fsp3) is 0.448. The van der Waals surface area contributed by atoms with Crippen LogP contribution in [0.4, 0.5) is 5.82 Å². The van der Waals surface area contributed by atoms with Gasteiger partial charge in [0, 0.05) is 42.4 Å². The van der Waals surface area contributed by atoms with Gasteiger partial charge in [0.05, 0.1) is 23.2 Å². The molecule has 7 nitrogen and oxygen atoms in total. The smallest absolute Gasteiger partial charge is 0.303 e. The minimum absolute atomic E-state index is 0.283. The van der Waals surface area contributed by atoms with Gasteiger partial charge in [0.1, 0.15) is 11.6 Å². The molecule has 0 spiro atoms. The molecule has 1 aliphatic heterocycles. The van der Waals surface area contributed by atoms with E-state index in [1.54, 1.807) is 0 Å². The van der Waals surface area contributed by atoms with Gasteiger partial charge in [-0.3, -0.25) is 4.79 Å². The minimum Gasteiger partial charge on any atom is -0.481 e. The van der Waals surface area contributed by atoms with Gasteiger partial charge in [-0.1, -0.05) is 6.07 Å². The molecule has 36 heavy (non-hydrogen) atoms. The molecule has 0 unspecified atom stereocenters. The summed E-state index contributed by atoms with van der Waals surface area (Å²) in [5.74, 6) is 1.46. The van der Waals surface area contributed by atoms with Crippen LogP contribution in [0.15, 0.2) is 47.8 Å². The van der Waals surface area contributed by atoms with E-state index in [0.717, 1.165) is 79.9 Å². The van der Waals surface area contributed by atoms with Gasteiger partial charge in [-0.2, -0.15) is 0 Å². The third-order valence-electron chi connectivity index (χ3n) is 7.82. The highest BCUT2D eigenvalue weighted by Gasteiger charge is 2.28. The van der Waals surface area contributed by atoms with Crippen molar-refractivity contribution in [1.82, 2.24) is 15.0 Å². The molecular formula is C29H32N4O3. The third kappa shape index (κ3) is 4.95. The molecule has 6 rings (SSSR count). The summed E-state index contributed by atoms with van der Waals surface area (Å²) in [6.07, 6.45) is 8.66. The quantitative estimate of drug-likeness (QED) is 0.425. The molecule has 1 saturated heterocycles. The second-order valence-electron chi connectivity index (χ2n) is 10.4. The molecule has 2 N–H and O–H groups in total. The van der Waals surface area contributed by atoms with Gasteiger partial charge in [-0.25, -0.2) is 9.97 Å². The Kier molecular flexibility index (Phi) is 6.12. The number of aromatic amines is 1. The summed E-state index contributed by atoms with van der Waals surface area (Å²) in [7, 11) is 0. The monoisotopic (exact) mass is 484 g/mol. The van der Waals surface area contributed by atoms with Crippen LogP contribution in [0.3, 0.4) is 0 Å². The number of pyridine rings is 1. The highest BCUT2D eigenvalue weighted by Crippen LogP contribution is 2.33. The Bertz CT molecular complexity index is 1340. The van der Waals surface area contributed by atoms with E-state index >= 15 is 0 Å². The van der Waals surface area contributed by atoms with Crippen LogP contribution in [0.1, 0.15) is 57.4 Å². The number of anilines is 1. The van der Waals surface area contributed by atoms with Crippen LogP contribution < -0.4 is 4.90 Å². The number of carboxylic acids is 1. The van der Waals surface area contributed by atoms with Crippen molar-refractivity contribution in [2.75, 3.05) is 18.0 Å². The van der Waals surface area contributed by atoms with Crippen LogP contribution >= 0.6 is 0 Å². The SMILES string of the molecule is CC1=C=C1c1ccc2nc(-c3ccc(N4CCC(OC5CCC(CC(=O)O)CC5)CC4)nc3)[nH]c2c1. The molecule has 0 bridgehead atoms. The largest absolute Gasteiger partial charge is 0.481 e. The van der Waals surface area contributed by atoms with Crippen LogP contribution in [-0.2, 0) is 9.53 Å². The second-order valence-corrected chi connectivity index (χ2v) is 10.4. The number of ether oxygens (including phenoxy) is 1. The number of aromatic nitrogens is 3. The molecule has 0 amide bonds. The summed E-state index contributed by atoms with van der Waals surface area (Å²) in [6, 6.07) is 10.5. The van der Waals surface area contributed by atoms with Gasteiger partial charge < -0.3 is 19.7 Å².